The van der Waals surface area contributed by atoms with E-state index in [0.29, 0.717) is 10.7 Å². The van der Waals surface area contributed by atoms with Crippen molar-refractivity contribution in [2.75, 3.05) is 10.2 Å². The van der Waals surface area contributed by atoms with E-state index in [-0.39, 0.29) is 6.04 Å². The van der Waals surface area contributed by atoms with Crippen LogP contribution in [0.5, 0.6) is 0 Å². The van der Waals surface area contributed by atoms with Gasteiger partial charge in [-0.2, -0.15) is 0 Å². The molecule has 1 aliphatic rings. The summed E-state index contributed by atoms with van der Waals surface area (Å²) in [5.74, 6) is -1.20. The van der Waals surface area contributed by atoms with E-state index in [4.69, 9.17) is 11.6 Å². The molecule has 0 saturated carbocycles. The molecule has 0 saturated heterocycles. The van der Waals surface area contributed by atoms with Gasteiger partial charge >= 0.3 is 11.8 Å². The van der Waals surface area contributed by atoms with Gasteiger partial charge in [-0.1, -0.05) is 29.8 Å². The highest BCUT2D eigenvalue weighted by molar-refractivity contribution is 6.44. The summed E-state index contributed by atoms with van der Waals surface area (Å²) in [5, 5.41) is 3.18. The van der Waals surface area contributed by atoms with Crippen molar-refractivity contribution in [3.8, 4) is 0 Å². The second kappa shape index (κ2) is 5.81. The first-order valence-corrected chi connectivity index (χ1v) is 7.42. The molecule has 2 aromatic rings. The van der Waals surface area contributed by atoms with Gasteiger partial charge in [0, 0.05) is 22.4 Å². The number of amides is 2. The highest BCUT2D eigenvalue weighted by Gasteiger charge is 2.34. The number of fused-ring (bicyclic) bond motifs is 1. The van der Waals surface area contributed by atoms with Crippen molar-refractivity contribution in [3.05, 3.63) is 59.1 Å². The number of halogens is 1. The molecule has 3 rings (SSSR count). The van der Waals surface area contributed by atoms with E-state index in [1.165, 1.54) is 0 Å². The van der Waals surface area contributed by atoms with E-state index in [1.54, 1.807) is 29.2 Å². The number of hydrogen-bond acceptors (Lipinski definition) is 2. The van der Waals surface area contributed by atoms with Gasteiger partial charge in [-0.25, -0.2) is 0 Å². The Bertz CT molecular complexity index is 728. The Labute approximate surface area is 133 Å². The minimum absolute atomic E-state index is 0.0270. The van der Waals surface area contributed by atoms with Crippen molar-refractivity contribution in [1.29, 1.82) is 0 Å². The zero-order valence-corrected chi connectivity index (χ0v) is 12.8. The number of carbonyl (C=O) groups is 2. The third kappa shape index (κ3) is 2.70. The van der Waals surface area contributed by atoms with Crippen LogP contribution in [0, 0.1) is 0 Å². The molecule has 112 valence electrons. The van der Waals surface area contributed by atoms with Crippen molar-refractivity contribution in [1.82, 2.24) is 0 Å². The Balaban J connectivity index is 1.79. The van der Waals surface area contributed by atoms with E-state index < -0.39 is 11.8 Å². The second-order valence-corrected chi connectivity index (χ2v) is 5.75. The topological polar surface area (TPSA) is 49.4 Å². The Hall–Kier alpha value is -2.33. The van der Waals surface area contributed by atoms with Crippen LogP contribution in [0.3, 0.4) is 0 Å². The predicted molar refractivity (Wildman–Crippen MR) is 87.2 cm³/mol. The summed E-state index contributed by atoms with van der Waals surface area (Å²) in [6.07, 6.45) is 0.760. The van der Waals surface area contributed by atoms with Crippen LogP contribution in [0.2, 0.25) is 5.02 Å². The molecular formula is C17H15ClN2O2. The molecule has 22 heavy (non-hydrogen) atoms. The molecule has 2 aromatic carbocycles. The number of rotatable bonds is 1. The monoisotopic (exact) mass is 314 g/mol. The van der Waals surface area contributed by atoms with Gasteiger partial charge in [0.2, 0.25) is 0 Å². The van der Waals surface area contributed by atoms with Crippen molar-refractivity contribution in [2.45, 2.75) is 19.4 Å². The molecule has 1 heterocycles. The third-order valence-corrected chi connectivity index (χ3v) is 3.97. The molecule has 4 nitrogen and oxygen atoms in total. The minimum Gasteiger partial charge on any atom is -0.318 e. The standard InChI is InChI=1S/C17H15ClN2O2/c1-11-10-12-4-2-3-5-15(12)20(11)17(22)16(21)19-14-8-6-13(18)7-9-14/h2-9,11H,10H2,1H3,(H,19,21). The van der Waals surface area contributed by atoms with Crippen LogP contribution in [0.25, 0.3) is 0 Å². The average Bonchev–Trinajstić information content (AvgIpc) is 2.84. The summed E-state index contributed by atoms with van der Waals surface area (Å²) < 4.78 is 0. The molecule has 0 spiro atoms. The minimum atomic E-state index is -0.647. The number of para-hydroxylation sites is 1. The molecule has 1 atom stereocenters. The van der Waals surface area contributed by atoms with Crippen molar-refractivity contribution in [2.24, 2.45) is 0 Å². The van der Waals surface area contributed by atoms with Crippen LogP contribution in [-0.4, -0.2) is 17.9 Å². The highest BCUT2D eigenvalue weighted by atomic mass is 35.5. The lowest BCUT2D eigenvalue weighted by Crippen LogP contribution is -2.43. The molecule has 0 fully saturated rings. The maximum Gasteiger partial charge on any atom is 0.316 e. The van der Waals surface area contributed by atoms with E-state index in [2.05, 4.69) is 5.32 Å². The van der Waals surface area contributed by atoms with E-state index >= 15 is 0 Å². The fourth-order valence-electron chi connectivity index (χ4n) is 2.70. The Morgan fingerprint density at radius 1 is 1.14 bits per heavy atom. The highest BCUT2D eigenvalue weighted by Crippen LogP contribution is 2.31. The van der Waals surface area contributed by atoms with Crippen LogP contribution >= 0.6 is 11.6 Å². The molecule has 0 aromatic heterocycles. The average molecular weight is 315 g/mol. The molecule has 1 N–H and O–H groups in total. The number of carbonyl (C=O) groups excluding carboxylic acids is 2. The summed E-state index contributed by atoms with van der Waals surface area (Å²) in [6.45, 7) is 1.94. The molecule has 1 unspecified atom stereocenters. The summed E-state index contributed by atoms with van der Waals surface area (Å²) >= 11 is 5.80. The molecule has 2 amide bonds. The zero-order chi connectivity index (χ0) is 15.7. The SMILES string of the molecule is CC1Cc2ccccc2N1C(=O)C(=O)Nc1ccc(Cl)cc1. The summed E-state index contributed by atoms with van der Waals surface area (Å²) in [5.41, 5.74) is 2.44. The van der Waals surface area contributed by atoms with Gasteiger partial charge in [0.05, 0.1) is 0 Å². The number of nitrogens with one attached hydrogen (secondary N) is 1. The van der Waals surface area contributed by atoms with E-state index in [0.717, 1.165) is 17.7 Å². The molecule has 0 aliphatic carbocycles. The quantitative estimate of drug-likeness (QED) is 0.821. The van der Waals surface area contributed by atoms with Crippen molar-refractivity contribution in [3.63, 3.8) is 0 Å². The van der Waals surface area contributed by atoms with Gasteiger partial charge in [-0.15, -0.1) is 0 Å². The normalized spacial score (nSPS) is 16.3. The fourth-order valence-corrected chi connectivity index (χ4v) is 2.83. The summed E-state index contributed by atoms with van der Waals surface area (Å²) in [6, 6.07) is 14.3. The number of nitrogens with zero attached hydrogens (tertiary/aromatic N) is 1. The van der Waals surface area contributed by atoms with Crippen LogP contribution in [-0.2, 0) is 16.0 Å². The van der Waals surface area contributed by atoms with Gasteiger partial charge in [0.15, 0.2) is 0 Å². The number of anilines is 2. The van der Waals surface area contributed by atoms with Crippen molar-refractivity contribution >= 4 is 34.8 Å². The van der Waals surface area contributed by atoms with Gasteiger partial charge in [0.1, 0.15) is 0 Å². The molecular weight excluding hydrogens is 300 g/mol. The first-order chi connectivity index (χ1) is 10.6. The van der Waals surface area contributed by atoms with Gasteiger partial charge in [-0.05, 0) is 49.2 Å². The Morgan fingerprint density at radius 2 is 1.82 bits per heavy atom. The maximum absolute atomic E-state index is 12.5. The molecule has 5 heteroatoms. The van der Waals surface area contributed by atoms with Gasteiger partial charge < -0.3 is 10.2 Å². The number of hydrogen-bond donors (Lipinski definition) is 1. The van der Waals surface area contributed by atoms with Crippen LogP contribution in [0.15, 0.2) is 48.5 Å². The number of benzene rings is 2. The molecule has 0 bridgehead atoms. The van der Waals surface area contributed by atoms with Crippen LogP contribution in [0.1, 0.15) is 12.5 Å². The van der Waals surface area contributed by atoms with E-state index in [1.807, 2.05) is 31.2 Å². The lowest BCUT2D eigenvalue weighted by atomic mass is 10.1. The largest absolute Gasteiger partial charge is 0.318 e. The smallest absolute Gasteiger partial charge is 0.316 e. The van der Waals surface area contributed by atoms with Crippen LogP contribution < -0.4 is 10.2 Å². The maximum atomic E-state index is 12.5. The van der Waals surface area contributed by atoms with Gasteiger partial charge in [-0.3, -0.25) is 9.59 Å². The third-order valence-electron chi connectivity index (χ3n) is 3.72. The first-order valence-electron chi connectivity index (χ1n) is 7.04. The zero-order valence-electron chi connectivity index (χ0n) is 12.0. The second-order valence-electron chi connectivity index (χ2n) is 5.32. The fraction of sp³-hybridized carbons (Fsp3) is 0.176. The Kier molecular flexibility index (Phi) is 3.86. The summed E-state index contributed by atoms with van der Waals surface area (Å²) in [7, 11) is 0. The molecule has 1 aliphatic heterocycles. The Morgan fingerprint density at radius 3 is 2.55 bits per heavy atom. The van der Waals surface area contributed by atoms with Crippen molar-refractivity contribution < 1.29 is 9.59 Å². The molecule has 0 radical (unpaired) electrons. The van der Waals surface area contributed by atoms with E-state index in [9.17, 15) is 9.59 Å². The van der Waals surface area contributed by atoms with Gasteiger partial charge in [0.25, 0.3) is 0 Å². The predicted octanol–water partition coefficient (Wildman–Crippen LogP) is 3.26. The lowest BCUT2D eigenvalue weighted by Gasteiger charge is -2.22. The first kappa shape index (κ1) is 14.6. The van der Waals surface area contributed by atoms with Crippen LogP contribution in [0.4, 0.5) is 11.4 Å². The lowest BCUT2D eigenvalue weighted by molar-refractivity contribution is -0.134. The summed E-state index contributed by atoms with van der Waals surface area (Å²) in [4.78, 5) is 26.2.